The number of fused-ring (bicyclic) bond motifs is 1. The molecule has 0 spiro atoms. The van der Waals surface area contributed by atoms with Gasteiger partial charge < -0.3 is 25.8 Å². The average Bonchev–Trinajstić information content (AvgIpc) is 3.16. The molecule has 0 aliphatic heterocycles. The van der Waals surface area contributed by atoms with E-state index in [1.165, 1.54) is 0 Å². The molecule has 2 heterocycles. The number of aromatic nitrogens is 2. The van der Waals surface area contributed by atoms with Crippen molar-refractivity contribution in [1.82, 2.24) is 14.9 Å². The highest BCUT2D eigenvalue weighted by Gasteiger charge is 2.16. The van der Waals surface area contributed by atoms with Crippen molar-refractivity contribution in [2.45, 2.75) is 32.0 Å². The first-order chi connectivity index (χ1) is 15.9. The molecule has 0 aliphatic rings. The normalized spacial score (nSPS) is 13.2. The van der Waals surface area contributed by atoms with Gasteiger partial charge in [0, 0.05) is 41.8 Å². The summed E-state index contributed by atoms with van der Waals surface area (Å²) in [6.07, 6.45) is 1.66. The Balaban J connectivity index is 1.46. The van der Waals surface area contributed by atoms with Crippen LogP contribution in [0.2, 0.25) is 0 Å². The Kier molecular flexibility index (Phi) is 6.72. The van der Waals surface area contributed by atoms with Crippen molar-refractivity contribution in [2.75, 3.05) is 12.3 Å². The number of hydrogen-bond acceptors (Lipinski definition) is 5. The number of carbonyl (C=O) groups is 1. The van der Waals surface area contributed by atoms with Crippen molar-refractivity contribution in [1.29, 1.82) is 0 Å². The molecule has 0 bridgehead atoms. The van der Waals surface area contributed by atoms with E-state index in [1.54, 1.807) is 24.4 Å². The van der Waals surface area contributed by atoms with E-state index in [1.807, 2.05) is 53.1 Å². The molecule has 2 aromatic heterocycles. The number of carboxylic acid groups (broad SMARTS) is 1. The number of nitrogens with zero attached hydrogens (tertiary/aromatic N) is 2. The molecule has 0 saturated carbocycles. The van der Waals surface area contributed by atoms with Crippen LogP contribution in [0.15, 0.2) is 72.9 Å². The van der Waals surface area contributed by atoms with Crippen LogP contribution in [0.25, 0.3) is 10.9 Å². The summed E-state index contributed by atoms with van der Waals surface area (Å²) in [6, 6.07) is 21.2. The molecule has 7 heteroatoms. The fourth-order valence-corrected chi connectivity index (χ4v) is 4.03. The third-order valence-electron chi connectivity index (χ3n) is 5.76. The summed E-state index contributed by atoms with van der Waals surface area (Å²) in [7, 11) is 0. The van der Waals surface area contributed by atoms with Gasteiger partial charge in [-0.2, -0.15) is 0 Å². The molecule has 0 saturated heterocycles. The first kappa shape index (κ1) is 22.5. The number of nitrogen functional groups attached to an aromatic ring is 1. The maximum atomic E-state index is 11.9. The van der Waals surface area contributed by atoms with Gasteiger partial charge in [0.25, 0.3) is 0 Å². The number of anilines is 1. The average molecular weight is 445 g/mol. The molecule has 0 radical (unpaired) electrons. The number of nitrogens with one attached hydrogen (secondary N) is 1. The first-order valence-corrected chi connectivity index (χ1v) is 10.9. The summed E-state index contributed by atoms with van der Waals surface area (Å²) in [5.74, 6) is -0.517. The summed E-state index contributed by atoms with van der Waals surface area (Å²) in [5, 5.41) is 24.4. The van der Waals surface area contributed by atoms with Gasteiger partial charge in [0.1, 0.15) is 11.5 Å². The van der Waals surface area contributed by atoms with E-state index < -0.39 is 12.1 Å². The van der Waals surface area contributed by atoms with Gasteiger partial charge in [-0.1, -0.05) is 42.5 Å². The number of carboxylic acids is 1. The minimum absolute atomic E-state index is 0.115. The molecular formula is C26H28N4O3. The number of rotatable bonds is 9. The SMILES string of the molecule is C[C@H](Cc1ccc2c(c1)cc(C(=O)O)n2Cc1ccccc1)NC[C@@H](O)c1ccc(N)nc1. The van der Waals surface area contributed by atoms with Crippen molar-refractivity contribution in [3.05, 3.63) is 95.3 Å². The highest BCUT2D eigenvalue weighted by molar-refractivity contribution is 5.95. The van der Waals surface area contributed by atoms with Gasteiger partial charge in [-0.15, -0.1) is 0 Å². The standard InChI is InChI=1S/C26H28N4O3/c1-17(28-15-24(31)20-8-10-25(27)29-14-20)11-19-7-9-22-21(12-19)13-23(26(32)33)30(22)16-18-5-3-2-4-6-18/h2-10,12-14,17,24,28,31H,11,15-16H2,1H3,(H2,27,29)(H,32,33)/t17-,24-/m1/s1. The summed E-state index contributed by atoms with van der Waals surface area (Å²) < 4.78 is 1.84. The lowest BCUT2D eigenvalue weighted by Gasteiger charge is -2.17. The Hall–Kier alpha value is -3.68. The van der Waals surface area contributed by atoms with Gasteiger partial charge >= 0.3 is 5.97 Å². The molecule has 2 atom stereocenters. The summed E-state index contributed by atoms with van der Waals surface area (Å²) in [4.78, 5) is 15.9. The second-order valence-electron chi connectivity index (χ2n) is 8.35. The van der Waals surface area contributed by atoms with Gasteiger partial charge in [0.2, 0.25) is 0 Å². The Labute approximate surface area is 192 Å². The lowest BCUT2D eigenvalue weighted by Crippen LogP contribution is -2.32. The van der Waals surface area contributed by atoms with Crippen LogP contribution < -0.4 is 11.1 Å². The predicted octanol–water partition coefficient (Wildman–Crippen LogP) is 3.62. The summed E-state index contributed by atoms with van der Waals surface area (Å²) >= 11 is 0. The molecule has 0 unspecified atom stereocenters. The van der Waals surface area contributed by atoms with E-state index in [4.69, 9.17) is 5.73 Å². The molecule has 170 valence electrons. The molecule has 4 aromatic rings. The number of aromatic carboxylic acids is 1. The highest BCUT2D eigenvalue weighted by Crippen LogP contribution is 2.24. The molecule has 7 nitrogen and oxygen atoms in total. The quantitative estimate of drug-likeness (QED) is 0.314. The Morgan fingerprint density at radius 2 is 1.88 bits per heavy atom. The van der Waals surface area contributed by atoms with Crippen LogP contribution in [0.5, 0.6) is 0 Å². The van der Waals surface area contributed by atoms with Gasteiger partial charge in [0.05, 0.1) is 6.10 Å². The molecule has 0 fully saturated rings. The van der Waals surface area contributed by atoms with Crippen LogP contribution in [-0.4, -0.2) is 38.3 Å². The summed E-state index contributed by atoms with van der Waals surface area (Å²) in [6.45, 7) is 2.95. The van der Waals surface area contributed by atoms with E-state index in [0.29, 0.717) is 24.5 Å². The van der Waals surface area contributed by atoms with Crippen LogP contribution >= 0.6 is 0 Å². The number of benzene rings is 2. The van der Waals surface area contributed by atoms with E-state index in [-0.39, 0.29) is 11.7 Å². The second kappa shape index (κ2) is 9.85. The molecular weight excluding hydrogens is 416 g/mol. The van der Waals surface area contributed by atoms with Crippen molar-refractivity contribution in [2.24, 2.45) is 0 Å². The zero-order chi connectivity index (χ0) is 23.4. The lowest BCUT2D eigenvalue weighted by molar-refractivity contribution is 0.0686. The number of nitrogens with two attached hydrogens (primary N) is 1. The third kappa shape index (κ3) is 5.39. The van der Waals surface area contributed by atoms with Crippen molar-refractivity contribution in [3.8, 4) is 0 Å². The largest absolute Gasteiger partial charge is 0.477 e. The van der Waals surface area contributed by atoms with Gasteiger partial charge in [0.15, 0.2) is 0 Å². The molecule has 4 rings (SSSR count). The number of hydrogen-bond donors (Lipinski definition) is 4. The maximum absolute atomic E-state index is 11.9. The van der Waals surface area contributed by atoms with E-state index in [9.17, 15) is 15.0 Å². The van der Waals surface area contributed by atoms with Crippen LogP contribution in [0.4, 0.5) is 5.82 Å². The monoisotopic (exact) mass is 444 g/mol. The Morgan fingerprint density at radius 3 is 2.58 bits per heavy atom. The first-order valence-electron chi connectivity index (χ1n) is 10.9. The second-order valence-corrected chi connectivity index (χ2v) is 8.35. The van der Waals surface area contributed by atoms with Crippen LogP contribution in [0, 0.1) is 0 Å². The Morgan fingerprint density at radius 1 is 1.09 bits per heavy atom. The zero-order valence-electron chi connectivity index (χ0n) is 18.5. The van der Waals surface area contributed by atoms with Crippen molar-refractivity contribution >= 4 is 22.7 Å². The van der Waals surface area contributed by atoms with Gasteiger partial charge in [-0.25, -0.2) is 9.78 Å². The molecule has 33 heavy (non-hydrogen) atoms. The van der Waals surface area contributed by atoms with Gasteiger partial charge in [-0.05, 0) is 48.7 Å². The predicted molar refractivity (Wildman–Crippen MR) is 129 cm³/mol. The summed E-state index contributed by atoms with van der Waals surface area (Å²) in [5.41, 5.74) is 9.63. The smallest absolute Gasteiger partial charge is 0.352 e. The topological polar surface area (TPSA) is 113 Å². The highest BCUT2D eigenvalue weighted by atomic mass is 16.4. The van der Waals surface area contributed by atoms with E-state index >= 15 is 0 Å². The fourth-order valence-electron chi connectivity index (χ4n) is 4.03. The minimum Gasteiger partial charge on any atom is -0.477 e. The van der Waals surface area contributed by atoms with Crippen LogP contribution in [0.1, 0.15) is 40.2 Å². The molecule has 2 aromatic carbocycles. The van der Waals surface area contributed by atoms with Crippen molar-refractivity contribution < 1.29 is 15.0 Å². The van der Waals surface area contributed by atoms with E-state index in [0.717, 1.165) is 28.5 Å². The molecule has 5 N–H and O–H groups in total. The van der Waals surface area contributed by atoms with Crippen molar-refractivity contribution in [3.63, 3.8) is 0 Å². The van der Waals surface area contributed by atoms with Crippen LogP contribution in [-0.2, 0) is 13.0 Å². The van der Waals surface area contributed by atoms with Crippen LogP contribution in [0.3, 0.4) is 0 Å². The Bertz CT molecular complexity index is 1240. The molecule has 0 aliphatic carbocycles. The third-order valence-corrected chi connectivity index (χ3v) is 5.76. The number of aliphatic hydroxyl groups is 1. The minimum atomic E-state index is -0.940. The number of aliphatic hydroxyl groups excluding tert-OH is 1. The van der Waals surface area contributed by atoms with Gasteiger partial charge in [-0.3, -0.25) is 0 Å². The fraction of sp³-hybridized carbons (Fsp3) is 0.231. The molecule has 0 amide bonds. The number of pyridine rings is 1. The zero-order valence-corrected chi connectivity index (χ0v) is 18.5. The van der Waals surface area contributed by atoms with E-state index in [2.05, 4.69) is 17.2 Å². The maximum Gasteiger partial charge on any atom is 0.352 e. The lowest BCUT2D eigenvalue weighted by atomic mass is 10.0.